The fraction of sp³-hybridized carbons (Fsp3) is 0.462. The molecule has 3 aliphatic rings. The summed E-state index contributed by atoms with van der Waals surface area (Å²) in [6.07, 6.45) is 4.44. The summed E-state index contributed by atoms with van der Waals surface area (Å²) in [4.78, 5) is 14.5. The Morgan fingerprint density at radius 3 is 2.69 bits per heavy atom. The average Bonchev–Trinajstić information content (AvgIpc) is 3.13. The molecule has 3 heteroatoms. The maximum Gasteiger partial charge on any atom is 0.237 e. The van der Waals surface area contributed by atoms with Crippen molar-refractivity contribution >= 4 is 27.5 Å². The van der Waals surface area contributed by atoms with Crippen LogP contribution in [0.4, 0.5) is 5.69 Å². The van der Waals surface area contributed by atoms with Gasteiger partial charge in [0, 0.05) is 16.2 Å². The minimum atomic E-state index is -0.123. The maximum absolute atomic E-state index is 12.4. The first-order chi connectivity index (χ1) is 7.72. The van der Waals surface area contributed by atoms with Crippen LogP contribution in [0, 0.1) is 0 Å². The number of rotatable bonds is 1. The largest absolute Gasteiger partial charge is 0.308 e. The van der Waals surface area contributed by atoms with Crippen molar-refractivity contribution in [3.8, 4) is 0 Å². The van der Waals surface area contributed by atoms with Gasteiger partial charge in [-0.1, -0.05) is 15.9 Å². The molecule has 0 N–H and O–H groups in total. The quantitative estimate of drug-likeness (QED) is 0.773. The molecule has 1 aromatic rings. The second-order valence-electron chi connectivity index (χ2n) is 5.15. The fourth-order valence-corrected chi connectivity index (χ4v) is 3.22. The molecule has 2 fully saturated rings. The van der Waals surface area contributed by atoms with Crippen molar-refractivity contribution in [1.82, 2.24) is 0 Å². The van der Waals surface area contributed by atoms with Gasteiger partial charge in [-0.25, -0.2) is 0 Å². The number of hydrogen-bond donors (Lipinski definition) is 0. The van der Waals surface area contributed by atoms with Gasteiger partial charge in [-0.3, -0.25) is 4.79 Å². The van der Waals surface area contributed by atoms with E-state index >= 15 is 0 Å². The lowest BCUT2D eigenvalue weighted by Gasteiger charge is -2.16. The van der Waals surface area contributed by atoms with E-state index in [4.69, 9.17) is 0 Å². The van der Waals surface area contributed by atoms with Crippen LogP contribution in [0.15, 0.2) is 22.7 Å². The number of hydrogen-bond acceptors (Lipinski definition) is 1. The van der Waals surface area contributed by atoms with E-state index in [1.54, 1.807) is 0 Å². The molecule has 0 radical (unpaired) electrons. The van der Waals surface area contributed by atoms with Crippen molar-refractivity contribution in [3.05, 3.63) is 28.2 Å². The summed E-state index contributed by atoms with van der Waals surface area (Å²) in [5.74, 6) is 0.364. The predicted octanol–water partition coefficient (Wildman–Crippen LogP) is 2.99. The number of halogens is 1. The minimum absolute atomic E-state index is 0.123. The van der Waals surface area contributed by atoms with Gasteiger partial charge in [0.05, 0.1) is 5.41 Å². The molecule has 16 heavy (non-hydrogen) atoms. The van der Waals surface area contributed by atoms with E-state index in [1.165, 1.54) is 24.1 Å². The van der Waals surface area contributed by atoms with Gasteiger partial charge in [0.2, 0.25) is 5.91 Å². The highest BCUT2D eigenvalue weighted by Gasteiger charge is 2.61. The van der Waals surface area contributed by atoms with Crippen LogP contribution in [-0.2, 0) is 10.2 Å². The van der Waals surface area contributed by atoms with Gasteiger partial charge >= 0.3 is 0 Å². The standard InChI is InChI=1S/C13H12BrNO/c14-8-1-4-11-10(7-8)13(5-6-13)12(16)15(11)9-2-3-9/h1,4,7,9H,2-3,5-6H2. The Morgan fingerprint density at radius 1 is 1.31 bits per heavy atom. The SMILES string of the molecule is O=C1N(C2CC2)c2ccc(Br)cc2C12CC2. The van der Waals surface area contributed by atoms with Gasteiger partial charge in [-0.2, -0.15) is 0 Å². The molecule has 1 heterocycles. The summed E-state index contributed by atoms with van der Waals surface area (Å²) in [5.41, 5.74) is 2.31. The summed E-state index contributed by atoms with van der Waals surface area (Å²) in [5, 5.41) is 0. The summed E-state index contributed by atoms with van der Waals surface area (Å²) >= 11 is 3.51. The second-order valence-corrected chi connectivity index (χ2v) is 6.07. The van der Waals surface area contributed by atoms with E-state index in [-0.39, 0.29) is 5.41 Å². The Balaban J connectivity index is 1.93. The van der Waals surface area contributed by atoms with Gasteiger partial charge in [-0.15, -0.1) is 0 Å². The van der Waals surface area contributed by atoms with E-state index in [0.29, 0.717) is 11.9 Å². The number of benzene rings is 1. The third-order valence-electron chi connectivity index (χ3n) is 4.02. The molecule has 0 bridgehead atoms. The van der Waals surface area contributed by atoms with E-state index in [2.05, 4.69) is 33.0 Å². The average molecular weight is 278 g/mol. The second kappa shape index (κ2) is 2.70. The summed E-state index contributed by atoms with van der Waals surface area (Å²) in [6.45, 7) is 0. The first-order valence-electron chi connectivity index (χ1n) is 5.86. The lowest BCUT2D eigenvalue weighted by atomic mass is 9.98. The zero-order valence-electron chi connectivity index (χ0n) is 8.87. The molecule has 82 valence electrons. The predicted molar refractivity (Wildman–Crippen MR) is 65.6 cm³/mol. The normalized spacial score (nSPS) is 25.1. The maximum atomic E-state index is 12.4. The Labute approximate surface area is 103 Å². The zero-order valence-corrected chi connectivity index (χ0v) is 10.5. The van der Waals surface area contributed by atoms with Crippen molar-refractivity contribution in [2.24, 2.45) is 0 Å². The lowest BCUT2D eigenvalue weighted by molar-refractivity contribution is -0.120. The number of nitrogens with zero attached hydrogens (tertiary/aromatic N) is 1. The monoisotopic (exact) mass is 277 g/mol. The molecule has 0 atom stereocenters. The van der Waals surface area contributed by atoms with Crippen LogP contribution in [0.5, 0.6) is 0 Å². The Morgan fingerprint density at radius 2 is 2.06 bits per heavy atom. The summed E-state index contributed by atoms with van der Waals surface area (Å²) in [7, 11) is 0. The van der Waals surface area contributed by atoms with Crippen molar-refractivity contribution in [3.63, 3.8) is 0 Å². The lowest BCUT2D eigenvalue weighted by Crippen LogP contribution is -2.33. The molecule has 0 aromatic heterocycles. The first kappa shape index (κ1) is 9.23. The van der Waals surface area contributed by atoms with Crippen LogP contribution in [0.2, 0.25) is 0 Å². The molecule has 2 saturated carbocycles. The van der Waals surface area contributed by atoms with Gasteiger partial charge in [0.25, 0.3) is 0 Å². The molecular formula is C13H12BrNO. The van der Waals surface area contributed by atoms with E-state index in [1.807, 2.05) is 6.07 Å². The van der Waals surface area contributed by atoms with Crippen LogP contribution >= 0.6 is 15.9 Å². The molecule has 2 nitrogen and oxygen atoms in total. The van der Waals surface area contributed by atoms with Crippen LogP contribution in [0.1, 0.15) is 31.2 Å². The van der Waals surface area contributed by atoms with Crippen LogP contribution < -0.4 is 4.90 Å². The smallest absolute Gasteiger partial charge is 0.237 e. The van der Waals surface area contributed by atoms with Gasteiger partial charge in [0.1, 0.15) is 0 Å². The van der Waals surface area contributed by atoms with Crippen molar-refractivity contribution in [2.45, 2.75) is 37.1 Å². The van der Waals surface area contributed by atoms with Gasteiger partial charge < -0.3 is 4.90 Å². The zero-order chi connectivity index (χ0) is 10.9. The molecule has 1 aromatic carbocycles. The molecule has 4 rings (SSSR count). The number of amides is 1. The first-order valence-corrected chi connectivity index (χ1v) is 6.65. The number of fused-ring (bicyclic) bond motifs is 2. The molecule has 1 amide bonds. The number of anilines is 1. The van der Waals surface area contributed by atoms with Crippen LogP contribution in [0.25, 0.3) is 0 Å². The molecule has 0 saturated heterocycles. The Bertz CT molecular complexity index is 503. The minimum Gasteiger partial charge on any atom is -0.308 e. The van der Waals surface area contributed by atoms with Crippen molar-refractivity contribution in [1.29, 1.82) is 0 Å². The van der Waals surface area contributed by atoms with E-state index in [9.17, 15) is 4.79 Å². The number of carbonyl (C=O) groups excluding carboxylic acids is 1. The third-order valence-corrected chi connectivity index (χ3v) is 4.52. The highest BCUT2D eigenvalue weighted by molar-refractivity contribution is 9.10. The fourth-order valence-electron chi connectivity index (χ4n) is 2.86. The number of carbonyl (C=O) groups is 1. The van der Waals surface area contributed by atoms with Crippen molar-refractivity contribution in [2.75, 3.05) is 4.90 Å². The van der Waals surface area contributed by atoms with Gasteiger partial charge in [-0.05, 0) is 49.4 Å². The highest BCUT2D eigenvalue weighted by Crippen LogP contribution is 2.59. The van der Waals surface area contributed by atoms with E-state index in [0.717, 1.165) is 17.3 Å². The van der Waals surface area contributed by atoms with Crippen molar-refractivity contribution < 1.29 is 4.79 Å². The molecule has 1 aliphatic heterocycles. The molecule has 1 spiro atoms. The summed E-state index contributed by atoms with van der Waals surface area (Å²) < 4.78 is 1.09. The molecular weight excluding hydrogens is 266 g/mol. The van der Waals surface area contributed by atoms with E-state index < -0.39 is 0 Å². The third kappa shape index (κ3) is 1.000. The molecule has 0 unspecified atom stereocenters. The molecule has 2 aliphatic carbocycles. The Kier molecular flexibility index (Phi) is 1.56. The highest BCUT2D eigenvalue weighted by atomic mass is 79.9. The topological polar surface area (TPSA) is 20.3 Å². The van der Waals surface area contributed by atoms with Crippen LogP contribution in [0.3, 0.4) is 0 Å². The van der Waals surface area contributed by atoms with Gasteiger partial charge in [0.15, 0.2) is 0 Å². The van der Waals surface area contributed by atoms with Crippen LogP contribution in [-0.4, -0.2) is 11.9 Å². The Hall–Kier alpha value is -0.830. The summed E-state index contributed by atoms with van der Waals surface area (Å²) in [6, 6.07) is 6.78.